The molecular formula is C12H24O4S. The summed E-state index contributed by atoms with van der Waals surface area (Å²) in [5.74, 6) is 1.21. The van der Waals surface area contributed by atoms with Crippen molar-refractivity contribution in [1.29, 1.82) is 0 Å². The Bertz CT molecular complexity index is 310. The predicted molar refractivity (Wildman–Crippen MR) is 67.6 cm³/mol. The molecule has 1 N–H and O–H groups in total. The van der Waals surface area contributed by atoms with Crippen LogP contribution in [0.25, 0.3) is 0 Å². The summed E-state index contributed by atoms with van der Waals surface area (Å²) in [4.78, 5) is 0. The fourth-order valence-electron chi connectivity index (χ4n) is 2.23. The van der Waals surface area contributed by atoms with Gasteiger partial charge in [-0.05, 0) is 30.6 Å². The summed E-state index contributed by atoms with van der Waals surface area (Å²) in [5.41, 5.74) is 0. The quantitative estimate of drug-likeness (QED) is 0.699. The molecule has 2 unspecified atom stereocenters. The van der Waals surface area contributed by atoms with Crippen LogP contribution in [0.1, 0.15) is 26.7 Å². The lowest BCUT2D eigenvalue weighted by molar-refractivity contribution is 0.0769. The Hall–Kier alpha value is -0.130. The standard InChI is InChI=1S/C12H24O4S/c1-10(2)8-16-5-3-11(7-13)12-4-6-17(14,15)9-12/h10-13H,3-9H2,1-2H3. The summed E-state index contributed by atoms with van der Waals surface area (Å²) in [6, 6.07) is 0. The summed E-state index contributed by atoms with van der Waals surface area (Å²) in [5, 5.41) is 9.31. The first-order valence-electron chi connectivity index (χ1n) is 6.33. The number of ether oxygens (including phenoxy) is 1. The Morgan fingerprint density at radius 2 is 2.12 bits per heavy atom. The van der Waals surface area contributed by atoms with Gasteiger partial charge in [0.05, 0.1) is 11.5 Å². The number of hydrogen-bond donors (Lipinski definition) is 1. The van der Waals surface area contributed by atoms with E-state index < -0.39 is 9.84 Å². The third kappa shape index (κ3) is 5.36. The zero-order chi connectivity index (χ0) is 12.9. The third-order valence-corrected chi connectivity index (χ3v) is 5.05. The van der Waals surface area contributed by atoms with E-state index in [1.807, 2.05) is 0 Å². The van der Waals surface area contributed by atoms with E-state index in [0.717, 1.165) is 13.0 Å². The fraction of sp³-hybridized carbons (Fsp3) is 1.00. The minimum atomic E-state index is -2.85. The highest BCUT2D eigenvalue weighted by atomic mass is 32.2. The molecular weight excluding hydrogens is 240 g/mol. The molecule has 0 aliphatic carbocycles. The summed E-state index contributed by atoms with van der Waals surface area (Å²) in [6.45, 7) is 5.58. The molecule has 2 atom stereocenters. The minimum absolute atomic E-state index is 0.0607. The van der Waals surface area contributed by atoms with Gasteiger partial charge in [-0.25, -0.2) is 8.42 Å². The second-order valence-corrected chi connectivity index (χ2v) is 7.59. The molecule has 0 amide bonds. The molecule has 4 nitrogen and oxygen atoms in total. The van der Waals surface area contributed by atoms with E-state index in [1.165, 1.54) is 0 Å². The first kappa shape index (κ1) is 14.9. The van der Waals surface area contributed by atoms with E-state index in [2.05, 4.69) is 13.8 Å². The van der Waals surface area contributed by atoms with Crippen LogP contribution in [-0.4, -0.2) is 44.9 Å². The average molecular weight is 264 g/mol. The molecule has 1 aliphatic heterocycles. The highest BCUT2D eigenvalue weighted by Crippen LogP contribution is 2.27. The molecule has 1 aliphatic rings. The molecule has 0 bridgehead atoms. The van der Waals surface area contributed by atoms with Gasteiger partial charge in [0.15, 0.2) is 9.84 Å². The summed E-state index contributed by atoms with van der Waals surface area (Å²) in [7, 11) is -2.85. The second-order valence-electron chi connectivity index (χ2n) is 5.36. The van der Waals surface area contributed by atoms with Crippen molar-refractivity contribution in [2.75, 3.05) is 31.3 Å². The normalized spacial score (nSPS) is 25.3. The number of hydrogen-bond acceptors (Lipinski definition) is 4. The molecule has 1 saturated heterocycles. The molecule has 0 aromatic heterocycles. The molecule has 17 heavy (non-hydrogen) atoms. The van der Waals surface area contributed by atoms with Gasteiger partial charge < -0.3 is 9.84 Å². The summed E-state index contributed by atoms with van der Waals surface area (Å²) in [6.07, 6.45) is 1.45. The maximum absolute atomic E-state index is 11.4. The van der Waals surface area contributed by atoms with Crippen LogP contribution < -0.4 is 0 Å². The van der Waals surface area contributed by atoms with E-state index in [-0.39, 0.29) is 29.9 Å². The molecule has 0 aromatic carbocycles. The van der Waals surface area contributed by atoms with Crippen LogP contribution in [0, 0.1) is 17.8 Å². The van der Waals surface area contributed by atoms with Gasteiger partial charge in [0, 0.05) is 19.8 Å². The van der Waals surface area contributed by atoms with E-state index in [4.69, 9.17) is 4.74 Å². The third-order valence-electron chi connectivity index (χ3n) is 3.25. The van der Waals surface area contributed by atoms with E-state index in [0.29, 0.717) is 18.9 Å². The van der Waals surface area contributed by atoms with Crippen molar-refractivity contribution in [1.82, 2.24) is 0 Å². The van der Waals surface area contributed by atoms with Gasteiger partial charge in [-0.2, -0.15) is 0 Å². The fourth-order valence-corrected chi connectivity index (χ4v) is 4.15. The van der Waals surface area contributed by atoms with E-state index in [1.54, 1.807) is 0 Å². The topological polar surface area (TPSA) is 63.6 Å². The Labute approximate surface area is 104 Å². The first-order chi connectivity index (χ1) is 7.94. The van der Waals surface area contributed by atoms with Crippen LogP contribution in [0.5, 0.6) is 0 Å². The van der Waals surface area contributed by atoms with Crippen LogP contribution in [0.3, 0.4) is 0 Å². The number of rotatable bonds is 7. The monoisotopic (exact) mass is 264 g/mol. The SMILES string of the molecule is CC(C)COCCC(CO)C1CCS(=O)(=O)C1. The van der Waals surface area contributed by atoms with Gasteiger partial charge in [0.1, 0.15) is 0 Å². The molecule has 1 rings (SSSR count). The van der Waals surface area contributed by atoms with Gasteiger partial charge in [0.2, 0.25) is 0 Å². The van der Waals surface area contributed by atoms with Crippen molar-refractivity contribution < 1.29 is 18.3 Å². The smallest absolute Gasteiger partial charge is 0.150 e. The lowest BCUT2D eigenvalue weighted by atomic mass is 9.90. The highest BCUT2D eigenvalue weighted by molar-refractivity contribution is 7.91. The van der Waals surface area contributed by atoms with Crippen molar-refractivity contribution in [2.24, 2.45) is 17.8 Å². The Kier molecular flexibility index (Phi) is 5.89. The van der Waals surface area contributed by atoms with Crippen LogP contribution in [-0.2, 0) is 14.6 Å². The van der Waals surface area contributed by atoms with Crippen LogP contribution in [0.15, 0.2) is 0 Å². The molecule has 0 saturated carbocycles. The largest absolute Gasteiger partial charge is 0.396 e. The molecule has 102 valence electrons. The predicted octanol–water partition coefficient (Wildman–Crippen LogP) is 1.09. The molecule has 0 aromatic rings. The lowest BCUT2D eigenvalue weighted by Gasteiger charge is -2.20. The maximum atomic E-state index is 11.4. The average Bonchev–Trinajstić information content (AvgIpc) is 2.58. The van der Waals surface area contributed by atoms with Gasteiger partial charge >= 0.3 is 0 Å². The van der Waals surface area contributed by atoms with Crippen molar-refractivity contribution in [3.8, 4) is 0 Å². The summed E-state index contributed by atoms with van der Waals surface area (Å²) < 4.78 is 28.2. The molecule has 1 fully saturated rings. The summed E-state index contributed by atoms with van der Waals surface area (Å²) >= 11 is 0. The Morgan fingerprint density at radius 3 is 2.59 bits per heavy atom. The van der Waals surface area contributed by atoms with Crippen LogP contribution >= 0.6 is 0 Å². The second kappa shape index (κ2) is 6.71. The highest BCUT2D eigenvalue weighted by Gasteiger charge is 2.33. The zero-order valence-electron chi connectivity index (χ0n) is 10.8. The Morgan fingerprint density at radius 1 is 1.41 bits per heavy atom. The van der Waals surface area contributed by atoms with E-state index in [9.17, 15) is 13.5 Å². The zero-order valence-corrected chi connectivity index (χ0v) is 11.6. The van der Waals surface area contributed by atoms with Crippen molar-refractivity contribution in [3.05, 3.63) is 0 Å². The number of sulfone groups is 1. The number of aliphatic hydroxyl groups is 1. The van der Waals surface area contributed by atoms with Crippen LogP contribution in [0.4, 0.5) is 0 Å². The minimum Gasteiger partial charge on any atom is -0.396 e. The van der Waals surface area contributed by atoms with Crippen molar-refractivity contribution in [2.45, 2.75) is 26.7 Å². The van der Waals surface area contributed by atoms with Crippen molar-refractivity contribution >= 4 is 9.84 Å². The van der Waals surface area contributed by atoms with Gasteiger partial charge in [-0.15, -0.1) is 0 Å². The van der Waals surface area contributed by atoms with Crippen LogP contribution in [0.2, 0.25) is 0 Å². The number of aliphatic hydroxyl groups excluding tert-OH is 1. The van der Waals surface area contributed by atoms with Crippen molar-refractivity contribution in [3.63, 3.8) is 0 Å². The lowest BCUT2D eigenvalue weighted by Crippen LogP contribution is -2.22. The molecule has 5 heteroatoms. The van der Waals surface area contributed by atoms with Gasteiger partial charge in [-0.1, -0.05) is 13.8 Å². The Balaban J connectivity index is 2.29. The van der Waals surface area contributed by atoms with Gasteiger partial charge in [-0.3, -0.25) is 0 Å². The maximum Gasteiger partial charge on any atom is 0.150 e. The molecule has 0 spiro atoms. The first-order valence-corrected chi connectivity index (χ1v) is 8.15. The van der Waals surface area contributed by atoms with E-state index >= 15 is 0 Å². The molecule has 1 heterocycles. The molecule has 0 radical (unpaired) electrons. The van der Waals surface area contributed by atoms with Gasteiger partial charge in [0.25, 0.3) is 0 Å².